The summed E-state index contributed by atoms with van der Waals surface area (Å²) in [7, 11) is 0. The van der Waals surface area contributed by atoms with Crippen LogP contribution < -0.4 is 5.73 Å². The van der Waals surface area contributed by atoms with E-state index in [4.69, 9.17) is 5.73 Å². The number of hydrogen-bond donors (Lipinski definition) is 2. The third-order valence-electron chi connectivity index (χ3n) is 2.21. The summed E-state index contributed by atoms with van der Waals surface area (Å²) >= 11 is 1.21. The van der Waals surface area contributed by atoms with Gasteiger partial charge >= 0.3 is 0 Å². The smallest absolute Gasteiger partial charge is 0.147 e. The fourth-order valence-electron chi connectivity index (χ4n) is 1.43. The van der Waals surface area contributed by atoms with E-state index in [-0.39, 0.29) is 16.9 Å². The van der Waals surface area contributed by atoms with Gasteiger partial charge in [0, 0.05) is 10.5 Å². The molecule has 0 radical (unpaired) electrons. The quantitative estimate of drug-likeness (QED) is 0.795. The maximum atomic E-state index is 13.9. The Balaban J connectivity index is 2.69. The average Bonchev–Trinajstić information content (AvgIpc) is 2.66. The molecule has 3 nitrogen and oxygen atoms in total. The number of aromatic nitrogens is 2. The van der Waals surface area contributed by atoms with Crippen LogP contribution in [0, 0.1) is 11.6 Å². The Morgan fingerprint density at radius 1 is 1.38 bits per heavy atom. The highest BCUT2D eigenvalue weighted by molar-refractivity contribution is 7.98. The molecule has 0 saturated heterocycles. The summed E-state index contributed by atoms with van der Waals surface area (Å²) in [5.74, 6) is -1.11. The van der Waals surface area contributed by atoms with Crippen LogP contribution in [0.2, 0.25) is 0 Å². The van der Waals surface area contributed by atoms with Crippen LogP contribution in [0.4, 0.5) is 14.6 Å². The third-order valence-corrected chi connectivity index (χ3v) is 2.97. The highest BCUT2D eigenvalue weighted by Gasteiger charge is 2.18. The number of halogens is 2. The lowest BCUT2D eigenvalue weighted by Gasteiger charge is -2.06. The van der Waals surface area contributed by atoms with Crippen molar-refractivity contribution in [1.82, 2.24) is 10.2 Å². The molecule has 2 rings (SSSR count). The molecule has 0 fully saturated rings. The Morgan fingerprint density at radius 2 is 2.12 bits per heavy atom. The lowest BCUT2D eigenvalue weighted by Crippen LogP contribution is -1.95. The number of hydrogen-bond acceptors (Lipinski definition) is 3. The van der Waals surface area contributed by atoms with Crippen LogP contribution >= 0.6 is 11.8 Å². The molecular weight excluding hydrogens is 232 g/mol. The molecule has 0 aliphatic heterocycles. The van der Waals surface area contributed by atoms with Gasteiger partial charge in [-0.1, -0.05) is 0 Å². The predicted molar refractivity (Wildman–Crippen MR) is 60.1 cm³/mol. The summed E-state index contributed by atoms with van der Waals surface area (Å²) in [4.78, 5) is 0.372. The van der Waals surface area contributed by atoms with E-state index < -0.39 is 11.6 Å². The number of anilines is 1. The first-order valence-corrected chi connectivity index (χ1v) is 5.68. The molecule has 16 heavy (non-hydrogen) atoms. The van der Waals surface area contributed by atoms with Gasteiger partial charge in [0.15, 0.2) is 0 Å². The molecule has 1 aromatic carbocycles. The van der Waals surface area contributed by atoms with Crippen LogP contribution in [-0.2, 0) is 0 Å². The first kappa shape index (κ1) is 10.9. The van der Waals surface area contributed by atoms with Crippen molar-refractivity contribution < 1.29 is 8.78 Å². The molecule has 0 bridgehead atoms. The van der Waals surface area contributed by atoms with E-state index in [1.165, 1.54) is 30.1 Å². The lowest BCUT2D eigenvalue weighted by atomic mass is 10.1. The van der Waals surface area contributed by atoms with E-state index in [1.54, 1.807) is 6.26 Å². The number of nitrogens with two attached hydrogens (primary N) is 1. The Labute approximate surface area is 95.0 Å². The van der Waals surface area contributed by atoms with Crippen molar-refractivity contribution in [3.05, 3.63) is 30.0 Å². The van der Waals surface area contributed by atoms with E-state index >= 15 is 0 Å². The number of nitrogens with one attached hydrogen (secondary N) is 1. The molecule has 0 atom stereocenters. The van der Waals surface area contributed by atoms with Crippen LogP contribution in [0.5, 0.6) is 0 Å². The molecule has 0 aliphatic carbocycles. The molecule has 1 heterocycles. The monoisotopic (exact) mass is 241 g/mol. The largest absolute Gasteiger partial charge is 0.384 e. The van der Waals surface area contributed by atoms with Gasteiger partial charge in [-0.15, -0.1) is 11.8 Å². The van der Waals surface area contributed by atoms with Crippen molar-refractivity contribution in [2.24, 2.45) is 0 Å². The first-order valence-electron chi connectivity index (χ1n) is 4.46. The van der Waals surface area contributed by atoms with Gasteiger partial charge in [-0.2, -0.15) is 5.10 Å². The summed E-state index contributed by atoms with van der Waals surface area (Å²) in [6.07, 6.45) is 3.03. The van der Waals surface area contributed by atoms with Crippen LogP contribution in [0.1, 0.15) is 0 Å². The van der Waals surface area contributed by atoms with Gasteiger partial charge in [0.2, 0.25) is 0 Å². The normalized spacial score (nSPS) is 10.7. The maximum Gasteiger partial charge on any atom is 0.147 e. The summed E-state index contributed by atoms with van der Waals surface area (Å²) in [6, 6.07) is 2.62. The number of nitrogen functional groups attached to an aromatic ring is 1. The van der Waals surface area contributed by atoms with E-state index in [0.717, 1.165) is 0 Å². The molecule has 3 N–H and O–H groups in total. The molecule has 6 heteroatoms. The lowest BCUT2D eigenvalue weighted by molar-refractivity contribution is 0.572. The topological polar surface area (TPSA) is 54.7 Å². The second-order valence-electron chi connectivity index (χ2n) is 3.14. The Hall–Kier alpha value is -1.56. The molecule has 0 unspecified atom stereocenters. The first-order chi connectivity index (χ1) is 7.65. The molecular formula is C10H9F2N3S. The fourth-order valence-corrected chi connectivity index (χ4v) is 1.92. The average molecular weight is 241 g/mol. The molecule has 1 aromatic heterocycles. The minimum absolute atomic E-state index is 0.141. The molecule has 2 aromatic rings. The van der Waals surface area contributed by atoms with Gasteiger partial charge in [0.25, 0.3) is 0 Å². The summed E-state index contributed by atoms with van der Waals surface area (Å²) in [5, 5.41) is 6.09. The fraction of sp³-hybridized carbons (Fsp3) is 0.100. The molecule has 84 valence electrons. The molecule has 0 spiro atoms. The van der Waals surface area contributed by atoms with Gasteiger partial charge in [0.1, 0.15) is 17.5 Å². The maximum absolute atomic E-state index is 13.9. The number of rotatable bonds is 2. The summed E-state index contributed by atoms with van der Waals surface area (Å²) in [5.41, 5.74) is 5.64. The van der Waals surface area contributed by atoms with Crippen LogP contribution in [0.25, 0.3) is 11.1 Å². The number of thioether (sulfide) groups is 1. The van der Waals surface area contributed by atoms with Gasteiger partial charge in [-0.3, -0.25) is 5.10 Å². The van der Waals surface area contributed by atoms with Gasteiger partial charge in [0.05, 0.1) is 11.8 Å². The second kappa shape index (κ2) is 4.13. The third kappa shape index (κ3) is 1.65. The van der Waals surface area contributed by atoms with Crippen LogP contribution in [0.3, 0.4) is 0 Å². The standard InChI is InChI=1S/C10H9F2N3S/c1-16-7-3-2-6(11)8(9(7)12)5-4-14-15-10(5)13/h2-4H,1H3,(H3,13,14,15). The van der Waals surface area contributed by atoms with E-state index in [2.05, 4.69) is 10.2 Å². The van der Waals surface area contributed by atoms with Gasteiger partial charge in [-0.25, -0.2) is 8.78 Å². The molecule has 0 saturated carbocycles. The molecule has 0 aliphatic rings. The van der Waals surface area contributed by atoms with Crippen molar-refractivity contribution >= 4 is 17.6 Å². The molecule has 0 amide bonds. The highest BCUT2D eigenvalue weighted by atomic mass is 32.2. The van der Waals surface area contributed by atoms with E-state index in [1.807, 2.05) is 0 Å². The number of H-pyrrole nitrogens is 1. The Morgan fingerprint density at radius 3 is 2.69 bits per heavy atom. The number of aromatic amines is 1. The highest BCUT2D eigenvalue weighted by Crippen LogP contribution is 2.33. The minimum Gasteiger partial charge on any atom is -0.384 e. The zero-order valence-corrected chi connectivity index (χ0v) is 9.24. The van der Waals surface area contributed by atoms with Crippen molar-refractivity contribution in [2.45, 2.75) is 4.90 Å². The van der Waals surface area contributed by atoms with Gasteiger partial charge in [-0.05, 0) is 18.4 Å². The van der Waals surface area contributed by atoms with Crippen molar-refractivity contribution in [1.29, 1.82) is 0 Å². The summed E-state index contributed by atoms with van der Waals surface area (Å²) < 4.78 is 27.5. The SMILES string of the molecule is CSc1ccc(F)c(-c2cn[nH]c2N)c1F. The number of benzene rings is 1. The Bertz CT molecular complexity index is 525. The predicted octanol–water partition coefficient (Wildman–Crippen LogP) is 2.66. The van der Waals surface area contributed by atoms with Gasteiger partial charge < -0.3 is 5.73 Å². The zero-order valence-electron chi connectivity index (χ0n) is 8.42. The van der Waals surface area contributed by atoms with Crippen molar-refractivity contribution in [2.75, 3.05) is 12.0 Å². The van der Waals surface area contributed by atoms with Crippen LogP contribution in [0.15, 0.2) is 23.2 Å². The zero-order chi connectivity index (χ0) is 11.7. The van der Waals surface area contributed by atoms with Crippen molar-refractivity contribution in [3.63, 3.8) is 0 Å². The number of nitrogens with zero attached hydrogens (tertiary/aromatic N) is 1. The summed E-state index contributed by atoms with van der Waals surface area (Å²) in [6.45, 7) is 0. The van der Waals surface area contributed by atoms with E-state index in [9.17, 15) is 8.78 Å². The van der Waals surface area contributed by atoms with Crippen LogP contribution in [-0.4, -0.2) is 16.5 Å². The second-order valence-corrected chi connectivity index (χ2v) is 3.98. The minimum atomic E-state index is -0.650. The Kier molecular flexibility index (Phi) is 2.82. The van der Waals surface area contributed by atoms with Crippen molar-refractivity contribution in [3.8, 4) is 11.1 Å². The van der Waals surface area contributed by atoms with E-state index in [0.29, 0.717) is 4.90 Å².